The van der Waals surface area contributed by atoms with Crippen LogP contribution in [-0.4, -0.2) is 26.8 Å². The van der Waals surface area contributed by atoms with Gasteiger partial charge in [0.1, 0.15) is 28.9 Å². The van der Waals surface area contributed by atoms with Crippen molar-refractivity contribution in [1.29, 1.82) is 5.26 Å². The molecule has 1 heterocycles. The SMILES string of the molecule is CCCC1=C(C(=O)OCC)[C@@H](c2ccc(OC)c(C)c2OC)C(C#N)=C(N)O1. The summed E-state index contributed by atoms with van der Waals surface area (Å²) in [5, 5.41) is 9.76. The van der Waals surface area contributed by atoms with Crippen molar-refractivity contribution in [2.75, 3.05) is 20.8 Å². The second-order valence-corrected chi connectivity index (χ2v) is 6.25. The first-order valence-electron chi connectivity index (χ1n) is 9.14. The Morgan fingerprint density at radius 1 is 1.29 bits per heavy atom. The minimum Gasteiger partial charge on any atom is -0.496 e. The van der Waals surface area contributed by atoms with Crippen molar-refractivity contribution < 1.29 is 23.7 Å². The van der Waals surface area contributed by atoms with Crippen LogP contribution >= 0.6 is 0 Å². The Bertz CT molecular complexity index is 864. The van der Waals surface area contributed by atoms with Crippen molar-refractivity contribution in [2.24, 2.45) is 5.73 Å². The van der Waals surface area contributed by atoms with Gasteiger partial charge in [-0.1, -0.05) is 13.0 Å². The Kier molecular flexibility index (Phi) is 6.94. The standard InChI is InChI=1S/C21H26N2O5/c1-6-8-16-18(21(24)27-7-2)17(14(11-22)20(23)28-16)13-9-10-15(25-4)12(3)19(13)26-5/h9-10,17H,6-8,23H2,1-5H3/t17-/m0/s1. The lowest BCUT2D eigenvalue weighted by Crippen LogP contribution is -2.26. The number of allylic oxidation sites excluding steroid dienone is 2. The van der Waals surface area contributed by atoms with Gasteiger partial charge in [-0.3, -0.25) is 0 Å². The minimum absolute atomic E-state index is 0.0143. The molecule has 1 aromatic carbocycles. The van der Waals surface area contributed by atoms with Crippen LogP contribution in [0.3, 0.4) is 0 Å². The molecule has 1 aliphatic rings. The molecule has 0 aromatic heterocycles. The fraction of sp³-hybridized carbons (Fsp3) is 0.429. The maximum atomic E-state index is 12.8. The van der Waals surface area contributed by atoms with Gasteiger partial charge in [-0.25, -0.2) is 4.79 Å². The molecule has 0 saturated carbocycles. The number of nitriles is 1. The molecule has 0 saturated heterocycles. The molecule has 1 aromatic rings. The molecule has 28 heavy (non-hydrogen) atoms. The van der Waals surface area contributed by atoms with E-state index in [1.165, 1.54) is 7.11 Å². The highest BCUT2D eigenvalue weighted by atomic mass is 16.5. The average Bonchev–Trinajstić information content (AvgIpc) is 2.67. The number of hydrogen-bond acceptors (Lipinski definition) is 7. The van der Waals surface area contributed by atoms with Crippen molar-refractivity contribution in [3.8, 4) is 17.6 Å². The molecule has 1 atom stereocenters. The lowest BCUT2D eigenvalue weighted by atomic mass is 9.81. The fourth-order valence-electron chi connectivity index (χ4n) is 3.39. The van der Waals surface area contributed by atoms with E-state index >= 15 is 0 Å². The Hall–Kier alpha value is -3.14. The number of nitrogens with zero attached hydrogens (tertiary/aromatic N) is 1. The van der Waals surface area contributed by atoms with Gasteiger partial charge in [0.25, 0.3) is 0 Å². The van der Waals surface area contributed by atoms with E-state index in [-0.39, 0.29) is 23.6 Å². The Balaban J connectivity index is 2.80. The van der Waals surface area contributed by atoms with Crippen molar-refractivity contribution in [2.45, 2.75) is 39.5 Å². The monoisotopic (exact) mass is 386 g/mol. The molecule has 0 fully saturated rings. The van der Waals surface area contributed by atoms with Crippen LogP contribution in [0.25, 0.3) is 0 Å². The van der Waals surface area contributed by atoms with Crippen LogP contribution in [0.4, 0.5) is 0 Å². The van der Waals surface area contributed by atoms with E-state index < -0.39 is 11.9 Å². The van der Waals surface area contributed by atoms with E-state index in [9.17, 15) is 10.1 Å². The van der Waals surface area contributed by atoms with Crippen LogP contribution in [-0.2, 0) is 14.3 Å². The Morgan fingerprint density at radius 2 is 2.00 bits per heavy atom. The maximum absolute atomic E-state index is 12.8. The normalized spacial score (nSPS) is 16.4. The van der Waals surface area contributed by atoms with Gasteiger partial charge in [-0.2, -0.15) is 5.26 Å². The van der Waals surface area contributed by atoms with Crippen LogP contribution in [0.1, 0.15) is 43.7 Å². The zero-order valence-corrected chi connectivity index (χ0v) is 16.9. The number of carbonyl (C=O) groups is 1. The van der Waals surface area contributed by atoms with Gasteiger partial charge >= 0.3 is 5.97 Å². The minimum atomic E-state index is -0.751. The van der Waals surface area contributed by atoms with Gasteiger partial charge in [0.05, 0.1) is 32.3 Å². The molecular weight excluding hydrogens is 360 g/mol. The third-order valence-corrected chi connectivity index (χ3v) is 4.59. The van der Waals surface area contributed by atoms with E-state index in [2.05, 4.69) is 6.07 Å². The topological polar surface area (TPSA) is 104 Å². The van der Waals surface area contributed by atoms with Gasteiger partial charge in [-0.15, -0.1) is 0 Å². The second kappa shape index (κ2) is 9.18. The molecule has 0 amide bonds. The molecule has 2 rings (SSSR count). The van der Waals surface area contributed by atoms with Crippen LogP contribution in [0, 0.1) is 18.3 Å². The summed E-state index contributed by atoms with van der Waals surface area (Å²) in [6, 6.07) is 5.64. The molecule has 0 unspecified atom stereocenters. The summed E-state index contributed by atoms with van der Waals surface area (Å²) < 4.78 is 21.9. The number of nitrogens with two attached hydrogens (primary N) is 1. The largest absolute Gasteiger partial charge is 0.496 e. The van der Waals surface area contributed by atoms with Gasteiger partial charge in [0.2, 0.25) is 5.88 Å². The van der Waals surface area contributed by atoms with Crippen LogP contribution in [0.2, 0.25) is 0 Å². The Labute approximate surface area is 165 Å². The average molecular weight is 386 g/mol. The van der Waals surface area contributed by atoms with Crippen molar-refractivity contribution in [3.63, 3.8) is 0 Å². The van der Waals surface area contributed by atoms with E-state index in [1.807, 2.05) is 13.8 Å². The molecule has 7 heteroatoms. The van der Waals surface area contributed by atoms with Crippen LogP contribution < -0.4 is 15.2 Å². The number of benzene rings is 1. The van der Waals surface area contributed by atoms with Gasteiger partial charge in [0.15, 0.2) is 0 Å². The quantitative estimate of drug-likeness (QED) is 0.716. The number of esters is 1. The summed E-state index contributed by atoms with van der Waals surface area (Å²) in [5.74, 6) is 0.270. The van der Waals surface area contributed by atoms with E-state index in [4.69, 9.17) is 24.7 Å². The number of methoxy groups -OCH3 is 2. The smallest absolute Gasteiger partial charge is 0.338 e. The second-order valence-electron chi connectivity index (χ2n) is 6.25. The van der Waals surface area contributed by atoms with E-state index in [1.54, 1.807) is 26.2 Å². The molecule has 0 spiro atoms. The number of hydrogen-bond donors (Lipinski definition) is 1. The maximum Gasteiger partial charge on any atom is 0.338 e. The predicted molar refractivity (Wildman–Crippen MR) is 104 cm³/mol. The summed E-state index contributed by atoms with van der Waals surface area (Å²) >= 11 is 0. The van der Waals surface area contributed by atoms with Gasteiger partial charge in [0, 0.05) is 17.5 Å². The molecule has 1 aliphatic heterocycles. The third-order valence-electron chi connectivity index (χ3n) is 4.59. The van der Waals surface area contributed by atoms with E-state index in [0.717, 1.165) is 12.0 Å². The number of ether oxygens (including phenoxy) is 4. The summed E-state index contributed by atoms with van der Waals surface area (Å²) in [6.45, 7) is 5.74. The molecule has 2 N–H and O–H groups in total. The first-order valence-corrected chi connectivity index (χ1v) is 9.14. The van der Waals surface area contributed by atoms with Crippen LogP contribution in [0.5, 0.6) is 11.5 Å². The summed E-state index contributed by atoms with van der Waals surface area (Å²) in [6.07, 6.45) is 1.22. The molecular formula is C21H26N2O5. The lowest BCUT2D eigenvalue weighted by Gasteiger charge is -2.29. The highest BCUT2D eigenvalue weighted by Gasteiger charge is 2.39. The zero-order valence-electron chi connectivity index (χ0n) is 16.9. The van der Waals surface area contributed by atoms with E-state index in [0.29, 0.717) is 29.2 Å². The molecule has 0 radical (unpaired) electrons. The van der Waals surface area contributed by atoms with Crippen molar-refractivity contribution in [1.82, 2.24) is 0 Å². The highest BCUT2D eigenvalue weighted by molar-refractivity contribution is 5.93. The molecule has 0 aliphatic carbocycles. The van der Waals surface area contributed by atoms with Gasteiger partial charge < -0.3 is 24.7 Å². The van der Waals surface area contributed by atoms with Gasteiger partial charge in [-0.05, 0) is 26.3 Å². The first kappa shape index (κ1) is 21.2. The number of rotatable bonds is 7. The van der Waals surface area contributed by atoms with Crippen molar-refractivity contribution in [3.05, 3.63) is 46.0 Å². The van der Waals surface area contributed by atoms with Crippen LogP contribution in [0.15, 0.2) is 34.9 Å². The summed E-state index contributed by atoms with van der Waals surface area (Å²) in [5.41, 5.74) is 7.84. The molecule has 7 nitrogen and oxygen atoms in total. The lowest BCUT2D eigenvalue weighted by molar-refractivity contribution is -0.139. The zero-order chi connectivity index (χ0) is 20.8. The highest BCUT2D eigenvalue weighted by Crippen LogP contribution is 2.46. The summed E-state index contributed by atoms with van der Waals surface area (Å²) in [4.78, 5) is 12.8. The first-order chi connectivity index (χ1) is 13.4. The summed E-state index contributed by atoms with van der Waals surface area (Å²) in [7, 11) is 3.10. The molecule has 150 valence electrons. The fourth-order valence-corrected chi connectivity index (χ4v) is 3.39. The predicted octanol–water partition coefficient (Wildman–Crippen LogP) is 3.44. The number of carbonyl (C=O) groups excluding carboxylic acids is 1. The third kappa shape index (κ3) is 3.77. The molecule has 0 bridgehead atoms. The van der Waals surface area contributed by atoms with Crippen molar-refractivity contribution >= 4 is 5.97 Å². The Morgan fingerprint density at radius 3 is 2.54 bits per heavy atom.